The van der Waals surface area contributed by atoms with Crippen molar-refractivity contribution in [3.8, 4) is 0 Å². The molecule has 0 amide bonds. The Kier molecular flexibility index (Phi) is 4.76. The molecule has 0 spiro atoms. The standard InChI is InChI=1S/C17H21NO5S/c1-12-4-8-15(9-5-12)24(21,22)18-10-2-3-16(18)17(20)23-14-7-6-13(19)11-14/h4-9,13-14,16,19H,2-3,10-11H2,1H3/t13-,14+,16-/m0/s1. The zero-order valence-electron chi connectivity index (χ0n) is 13.5. The SMILES string of the molecule is Cc1ccc(S(=O)(=O)N2CCC[C@H]2C(=O)O[C@@H]2C=C[C@H](O)C2)cc1. The van der Waals surface area contributed by atoms with Crippen molar-refractivity contribution in [2.75, 3.05) is 6.54 Å². The first-order valence-electron chi connectivity index (χ1n) is 8.03. The largest absolute Gasteiger partial charge is 0.457 e. The number of esters is 1. The summed E-state index contributed by atoms with van der Waals surface area (Å²) >= 11 is 0. The molecule has 7 heteroatoms. The van der Waals surface area contributed by atoms with Crippen LogP contribution in [0.1, 0.15) is 24.8 Å². The van der Waals surface area contributed by atoms with Gasteiger partial charge in [-0.1, -0.05) is 23.8 Å². The van der Waals surface area contributed by atoms with E-state index in [9.17, 15) is 18.3 Å². The zero-order valence-corrected chi connectivity index (χ0v) is 14.3. The molecule has 0 saturated carbocycles. The van der Waals surface area contributed by atoms with Crippen LogP contribution in [0.15, 0.2) is 41.3 Å². The molecule has 24 heavy (non-hydrogen) atoms. The van der Waals surface area contributed by atoms with E-state index in [0.29, 0.717) is 25.8 Å². The van der Waals surface area contributed by atoms with Crippen molar-refractivity contribution in [2.45, 2.75) is 49.3 Å². The van der Waals surface area contributed by atoms with Gasteiger partial charge < -0.3 is 9.84 Å². The van der Waals surface area contributed by atoms with Crippen LogP contribution < -0.4 is 0 Å². The first-order chi connectivity index (χ1) is 11.4. The Morgan fingerprint density at radius 1 is 1.25 bits per heavy atom. The molecule has 0 unspecified atom stereocenters. The van der Waals surface area contributed by atoms with Gasteiger partial charge in [0.15, 0.2) is 0 Å². The molecule has 1 N–H and O–H groups in total. The highest BCUT2D eigenvalue weighted by atomic mass is 32.2. The Morgan fingerprint density at radius 3 is 2.58 bits per heavy atom. The summed E-state index contributed by atoms with van der Waals surface area (Å²) < 4.78 is 32.2. The first-order valence-corrected chi connectivity index (χ1v) is 9.47. The van der Waals surface area contributed by atoms with Gasteiger partial charge in [0.05, 0.1) is 11.0 Å². The van der Waals surface area contributed by atoms with E-state index in [2.05, 4.69) is 0 Å². The lowest BCUT2D eigenvalue weighted by molar-refractivity contribution is -0.151. The zero-order chi connectivity index (χ0) is 17.3. The van der Waals surface area contributed by atoms with E-state index in [-0.39, 0.29) is 4.90 Å². The molecule has 1 aromatic carbocycles. The normalized spacial score (nSPS) is 27.5. The number of sulfonamides is 1. The summed E-state index contributed by atoms with van der Waals surface area (Å²) in [5.41, 5.74) is 0.970. The number of aliphatic hydroxyl groups excluding tert-OH is 1. The topological polar surface area (TPSA) is 83.9 Å². The number of hydrogen-bond donors (Lipinski definition) is 1. The summed E-state index contributed by atoms with van der Waals surface area (Å²) in [6.45, 7) is 2.19. The number of rotatable bonds is 4. The predicted octanol–water partition coefficient (Wildman–Crippen LogP) is 1.38. The molecule has 6 nitrogen and oxygen atoms in total. The van der Waals surface area contributed by atoms with Crippen LogP contribution in [0.4, 0.5) is 0 Å². The highest BCUT2D eigenvalue weighted by Crippen LogP contribution is 2.28. The minimum Gasteiger partial charge on any atom is -0.457 e. The number of carbonyl (C=O) groups is 1. The Morgan fingerprint density at radius 2 is 1.96 bits per heavy atom. The Labute approximate surface area is 141 Å². The van der Waals surface area contributed by atoms with Crippen molar-refractivity contribution in [3.05, 3.63) is 42.0 Å². The van der Waals surface area contributed by atoms with Crippen molar-refractivity contribution >= 4 is 16.0 Å². The molecule has 0 bridgehead atoms. The minimum atomic E-state index is -3.73. The summed E-state index contributed by atoms with van der Waals surface area (Å²) in [5, 5.41) is 9.45. The lowest BCUT2D eigenvalue weighted by Gasteiger charge is -2.24. The number of benzene rings is 1. The number of nitrogens with zero attached hydrogens (tertiary/aromatic N) is 1. The van der Waals surface area contributed by atoms with Crippen LogP contribution in [0.3, 0.4) is 0 Å². The van der Waals surface area contributed by atoms with Crippen LogP contribution >= 0.6 is 0 Å². The number of carbonyl (C=O) groups excluding carboxylic acids is 1. The molecule has 0 aromatic heterocycles. The summed E-state index contributed by atoms with van der Waals surface area (Å²) in [6.07, 6.45) is 3.50. The van der Waals surface area contributed by atoms with E-state index in [1.165, 1.54) is 4.31 Å². The molecule has 2 aliphatic rings. The van der Waals surface area contributed by atoms with E-state index in [4.69, 9.17) is 4.74 Å². The molecule has 0 radical (unpaired) electrons. The number of aliphatic hydroxyl groups is 1. The molecule has 3 atom stereocenters. The van der Waals surface area contributed by atoms with Gasteiger partial charge >= 0.3 is 5.97 Å². The van der Waals surface area contributed by atoms with Gasteiger partial charge in [0.25, 0.3) is 0 Å². The van der Waals surface area contributed by atoms with Gasteiger partial charge in [-0.05, 0) is 38.0 Å². The highest BCUT2D eigenvalue weighted by Gasteiger charge is 2.41. The molecule has 130 valence electrons. The van der Waals surface area contributed by atoms with Crippen molar-refractivity contribution in [2.24, 2.45) is 0 Å². The maximum atomic E-state index is 12.8. The summed E-state index contributed by atoms with van der Waals surface area (Å²) in [7, 11) is -3.73. The quantitative estimate of drug-likeness (QED) is 0.654. The summed E-state index contributed by atoms with van der Waals surface area (Å²) in [6, 6.07) is 5.78. The van der Waals surface area contributed by atoms with Crippen LogP contribution in [0, 0.1) is 6.92 Å². The van der Waals surface area contributed by atoms with Gasteiger partial charge in [0.1, 0.15) is 12.1 Å². The molecule has 1 heterocycles. The lowest BCUT2D eigenvalue weighted by Crippen LogP contribution is -2.42. The summed E-state index contributed by atoms with van der Waals surface area (Å²) in [5.74, 6) is -0.549. The fourth-order valence-corrected chi connectivity index (χ4v) is 4.72. The van der Waals surface area contributed by atoms with Crippen LogP contribution in [0.2, 0.25) is 0 Å². The third-order valence-corrected chi connectivity index (χ3v) is 6.31. The fourth-order valence-electron chi connectivity index (χ4n) is 3.07. The van der Waals surface area contributed by atoms with Gasteiger partial charge in [-0.15, -0.1) is 0 Å². The molecule has 1 aromatic rings. The Bertz CT molecular complexity index is 741. The second-order valence-electron chi connectivity index (χ2n) is 6.25. The maximum absolute atomic E-state index is 12.8. The van der Waals surface area contributed by atoms with Gasteiger partial charge in [0, 0.05) is 13.0 Å². The maximum Gasteiger partial charge on any atom is 0.325 e. The van der Waals surface area contributed by atoms with E-state index < -0.39 is 34.2 Å². The molecular formula is C17H21NO5S. The van der Waals surface area contributed by atoms with Gasteiger partial charge in [0.2, 0.25) is 10.0 Å². The molecule has 1 fully saturated rings. The average molecular weight is 351 g/mol. The second kappa shape index (κ2) is 6.66. The number of ether oxygens (including phenoxy) is 1. The first kappa shape index (κ1) is 17.1. The van der Waals surface area contributed by atoms with Crippen LogP contribution in [-0.4, -0.2) is 48.6 Å². The van der Waals surface area contributed by atoms with Crippen LogP contribution in [0.25, 0.3) is 0 Å². The van der Waals surface area contributed by atoms with Crippen molar-refractivity contribution in [1.29, 1.82) is 0 Å². The van der Waals surface area contributed by atoms with E-state index in [0.717, 1.165) is 5.56 Å². The Balaban J connectivity index is 1.76. The van der Waals surface area contributed by atoms with E-state index in [1.807, 2.05) is 6.92 Å². The average Bonchev–Trinajstić information content (AvgIpc) is 3.17. The van der Waals surface area contributed by atoms with Crippen molar-refractivity contribution in [1.82, 2.24) is 4.31 Å². The Hall–Kier alpha value is -1.70. The minimum absolute atomic E-state index is 0.184. The van der Waals surface area contributed by atoms with Crippen LogP contribution in [-0.2, 0) is 19.6 Å². The van der Waals surface area contributed by atoms with Crippen molar-refractivity contribution < 1.29 is 23.1 Å². The third kappa shape index (κ3) is 3.38. The van der Waals surface area contributed by atoms with Crippen molar-refractivity contribution in [3.63, 3.8) is 0 Å². The van der Waals surface area contributed by atoms with Gasteiger partial charge in [-0.3, -0.25) is 4.79 Å². The van der Waals surface area contributed by atoms with Crippen LogP contribution in [0.5, 0.6) is 0 Å². The predicted molar refractivity (Wildman–Crippen MR) is 87.7 cm³/mol. The highest BCUT2D eigenvalue weighted by molar-refractivity contribution is 7.89. The fraction of sp³-hybridized carbons (Fsp3) is 0.471. The molecule has 1 aliphatic heterocycles. The van der Waals surface area contributed by atoms with Gasteiger partial charge in [-0.2, -0.15) is 4.31 Å². The third-order valence-electron chi connectivity index (χ3n) is 4.39. The molecule has 1 aliphatic carbocycles. The molecular weight excluding hydrogens is 330 g/mol. The number of aryl methyl sites for hydroxylation is 1. The smallest absolute Gasteiger partial charge is 0.325 e. The number of hydrogen-bond acceptors (Lipinski definition) is 5. The molecule has 3 rings (SSSR count). The second-order valence-corrected chi connectivity index (χ2v) is 8.14. The van der Waals surface area contributed by atoms with E-state index >= 15 is 0 Å². The monoisotopic (exact) mass is 351 g/mol. The van der Waals surface area contributed by atoms with Gasteiger partial charge in [-0.25, -0.2) is 8.42 Å². The molecule has 1 saturated heterocycles. The summed E-state index contributed by atoms with van der Waals surface area (Å²) in [4.78, 5) is 12.6. The lowest BCUT2D eigenvalue weighted by atomic mass is 10.2. The van der Waals surface area contributed by atoms with E-state index in [1.54, 1.807) is 36.4 Å².